The highest BCUT2D eigenvalue weighted by molar-refractivity contribution is 5.58. The molecule has 1 rings (SSSR count). The Morgan fingerprint density at radius 1 is 0.733 bits per heavy atom. The molecule has 2 N–H and O–H groups in total. The number of benzene rings is 1. The van der Waals surface area contributed by atoms with Crippen molar-refractivity contribution in [2.75, 3.05) is 0 Å². The predicted molar refractivity (Wildman–Crippen MR) is 62.7 cm³/mol. The zero-order valence-electron chi connectivity index (χ0n) is 10.4. The lowest BCUT2D eigenvalue weighted by atomic mass is 9.81. The molecule has 0 amide bonds. The molecule has 2 nitrogen and oxygen atoms in total. The first-order valence-corrected chi connectivity index (χ1v) is 5.20. The van der Waals surface area contributed by atoms with Gasteiger partial charge >= 0.3 is 0 Å². The molecule has 0 bridgehead atoms. The second-order valence-electron chi connectivity index (χ2n) is 5.20. The van der Waals surface area contributed by atoms with Crippen molar-refractivity contribution < 1.29 is 10.2 Å². The van der Waals surface area contributed by atoms with E-state index < -0.39 is 0 Å². The lowest BCUT2D eigenvalue weighted by Crippen LogP contribution is -2.14. The van der Waals surface area contributed by atoms with Gasteiger partial charge in [0.25, 0.3) is 0 Å². The maximum absolute atomic E-state index is 10.1. The van der Waals surface area contributed by atoms with Gasteiger partial charge in [-0.15, -0.1) is 0 Å². The zero-order valence-corrected chi connectivity index (χ0v) is 10.4. The maximum atomic E-state index is 10.1. The average Bonchev–Trinajstić information content (AvgIpc) is 2.09. The smallest absolute Gasteiger partial charge is 0.123 e. The van der Waals surface area contributed by atoms with Gasteiger partial charge in [-0.2, -0.15) is 0 Å². The molecule has 2 heteroatoms. The molecule has 0 aliphatic rings. The molecule has 0 unspecified atom stereocenters. The van der Waals surface area contributed by atoms with Crippen LogP contribution in [0.1, 0.15) is 43.0 Å². The van der Waals surface area contributed by atoms with Crippen LogP contribution in [0, 0.1) is 20.8 Å². The standard InChI is InChI=1S/C13H20O2/c1-7-8(2)12(15)10(13(4,5)6)9(3)11(7)14/h14-15H,1-6H3. The lowest BCUT2D eigenvalue weighted by Gasteiger charge is -2.25. The van der Waals surface area contributed by atoms with E-state index in [0.29, 0.717) is 11.5 Å². The van der Waals surface area contributed by atoms with Crippen molar-refractivity contribution in [3.8, 4) is 11.5 Å². The van der Waals surface area contributed by atoms with E-state index in [1.54, 1.807) is 0 Å². The first-order valence-electron chi connectivity index (χ1n) is 5.20. The van der Waals surface area contributed by atoms with Gasteiger partial charge < -0.3 is 10.2 Å². The molecular formula is C13H20O2. The van der Waals surface area contributed by atoms with Gasteiger partial charge in [-0.25, -0.2) is 0 Å². The Morgan fingerprint density at radius 2 is 1.13 bits per heavy atom. The molecular weight excluding hydrogens is 188 g/mol. The Morgan fingerprint density at radius 3 is 1.53 bits per heavy atom. The number of aromatic hydroxyl groups is 2. The predicted octanol–water partition coefficient (Wildman–Crippen LogP) is 3.32. The Kier molecular flexibility index (Phi) is 2.73. The molecule has 0 aliphatic heterocycles. The first-order chi connectivity index (χ1) is 6.68. The minimum Gasteiger partial charge on any atom is -0.507 e. The largest absolute Gasteiger partial charge is 0.507 e. The molecule has 0 atom stereocenters. The van der Waals surface area contributed by atoms with Crippen LogP contribution in [0.25, 0.3) is 0 Å². The number of hydrogen-bond acceptors (Lipinski definition) is 2. The van der Waals surface area contributed by atoms with Crippen LogP contribution in [0.4, 0.5) is 0 Å². The summed E-state index contributed by atoms with van der Waals surface area (Å²) in [5.41, 5.74) is 2.98. The van der Waals surface area contributed by atoms with Crippen molar-refractivity contribution in [2.24, 2.45) is 0 Å². The average molecular weight is 208 g/mol. The number of hydrogen-bond donors (Lipinski definition) is 2. The summed E-state index contributed by atoms with van der Waals surface area (Å²) >= 11 is 0. The van der Waals surface area contributed by atoms with Crippen LogP contribution in [-0.2, 0) is 5.41 Å². The molecule has 1 aromatic rings. The van der Waals surface area contributed by atoms with Crippen LogP contribution in [-0.4, -0.2) is 10.2 Å². The summed E-state index contributed by atoms with van der Waals surface area (Å²) in [5, 5.41) is 20.1. The van der Waals surface area contributed by atoms with E-state index in [1.165, 1.54) is 0 Å². The summed E-state index contributed by atoms with van der Waals surface area (Å²) in [4.78, 5) is 0. The van der Waals surface area contributed by atoms with Crippen LogP contribution in [0.5, 0.6) is 11.5 Å². The highest BCUT2D eigenvalue weighted by Crippen LogP contribution is 2.42. The third kappa shape index (κ3) is 1.81. The molecule has 0 saturated heterocycles. The highest BCUT2D eigenvalue weighted by Gasteiger charge is 2.25. The molecule has 0 spiro atoms. The third-order valence-corrected chi connectivity index (χ3v) is 2.99. The van der Waals surface area contributed by atoms with Crippen LogP contribution < -0.4 is 0 Å². The fraction of sp³-hybridized carbons (Fsp3) is 0.538. The topological polar surface area (TPSA) is 40.5 Å². The molecule has 15 heavy (non-hydrogen) atoms. The highest BCUT2D eigenvalue weighted by atomic mass is 16.3. The van der Waals surface area contributed by atoms with Gasteiger partial charge in [-0.3, -0.25) is 0 Å². The Balaban J connectivity index is 3.68. The summed E-state index contributed by atoms with van der Waals surface area (Å²) in [5.74, 6) is 0.616. The van der Waals surface area contributed by atoms with E-state index in [2.05, 4.69) is 0 Å². The number of phenols is 2. The molecule has 0 fully saturated rings. The van der Waals surface area contributed by atoms with Crippen molar-refractivity contribution in [3.05, 3.63) is 22.3 Å². The Labute approximate surface area is 91.6 Å². The Hall–Kier alpha value is -1.18. The quantitative estimate of drug-likeness (QED) is 0.642. The van der Waals surface area contributed by atoms with Gasteiger partial charge in [0.1, 0.15) is 11.5 Å². The van der Waals surface area contributed by atoms with Gasteiger partial charge in [-0.1, -0.05) is 20.8 Å². The summed E-state index contributed by atoms with van der Waals surface area (Å²) < 4.78 is 0. The normalized spacial score (nSPS) is 11.9. The minimum atomic E-state index is -0.163. The zero-order chi connectivity index (χ0) is 12.0. The minimum absolute atomic E-state index is 0.163. The van der Waals surface area contributed by atoms with E-state index in [1.807, 2.05) is 41.5 Å². The third-order valence-electron chi connectivity index (χ3n) is 2.99. The van der Waals surface area contributed by atoms with Crippen molar-refractivity contribution >= 4 is 0 Å². The monoisotopic (exact) mass is 208 g/mol. The number of rotatable bonds is 0. The van der Waals surface area contributed by atoms with E-state index in [9.17, 15) is 10.2 Å². The van der Waals surface area contributed by atoms with Crippen LogP contribution in [0.3, 0.4) is 0 Å². The van der Waals surface area contributed by atoms with E-state index in [-0.39, 0.29) is 5.41 Å². The van der Waals surface area contributed by atoms with E-state index >= 15 is 0 Å². The van der Waals surface area contributed by atoms with E-state index in [0.717, 1.165) is 22.3 Å². The number of phenolic OH excluding ortho intramolecular Hbond substituents is 2. The summed E-state index contributed by atoms with van der Waals surface area (Å²) in [6.07, 6.45) is 0. The second-order valence-corrected chi connectivity index (χ2v) is 5.20. The summed E-state index contributed by atoms with van der Waals surface area (Å²) in [7, 11) is 0. The molecule has 0 aromatic heterocycles. The van der Waals surface area contributed by atoms with Crippen molar-refractivity contribution in [2.45, 2.75) is 47.0 Å². The van der Waals surface area contributed by atoms with Gasteiger partial charge in [0, 0.05) is 5.56 Å². The van der Waals surface area contributed by atoms with Crippen LogP contribution in [0.2, 0.25) is 0 Å². The van der Waals surface area contributed by atoms with Crippen LogP contribution >= 0.6 is 0 Å². The maximum Gasteiger partial charge on any atom is 0.123 e. The van der Waals surface area contributed by atoms with Gasteiger partial charge in [0.15, 0.2) is 0 Å². The summed E-state index contributed by atoms with van der Waals surface area (Å²) in [6, 6.07) is 0. The SMILES string of the molecule is Cc1c(C)c(O)c(C(C)(C)C)c(C)c1O. The molecule has 84 valence electrons. The molecule has 0 radical (unpaired) electrons. The Bertz CT molecular complexity index is 369. The van der Waals surface area contributed by atoms with Gasteiger partial charge in [0.05, 0.1) is 0 Å². The first kappa shape index (κ1) is 11.9. The van der Waals surface area contributed by atoms with Crippen molar-refractivity contribution in [3.63, 3.8) is 0 Å². The van der Waals surface area contributed by atoms with Crippen molar-refractivity contribution in [1.29, 1.82) is 0 Å². The second kappa shape index (κ2) is 3.44. The van der Waals surface area contributed by atoms with E-state index in [4.69, 9.17) is 0 Å². The molecule has 0 heterocycles. The molecule has 0 aliphatic carbocycles. The molecule has 0 saturated carbocycles. The van der Waals surface area contributed by atoms with Crippen LogP contribution in [0.15, 0.2) is 0 Å². The lowest BCUT2D eigenvalue weighted by molar-refractivity contribution is 0.425. The van der Waals surface area contributed by atoms with Gasteiger partial charge in [0.2, 0.25) is 0 Å². The summed E-state index contributed by atoms with van der Waals surface area (Å²) in [6.45, 7) is 11.6. The fourth-order valence-corrected chi connectivity index (χ4v) is 2.04. The van der Waals surface area contributed by atoms with Crippen molar-refractivity contribution in [1.82, 2.24) is 0 Å². The van der Waals surface area contributed by atoms with Gasteiger partial charge in [-0.05, 0) is 42.9 Å². The molecule has 1 aromatic carbocycles. The fourth-order valence-electron chi connectivity index (χ4n) is 2.04.